The van der Waals surface area contributed by atoms with Crippen molar-refractivity contribution in [2.45, 2.75) is 45.0 Å². The number of ketones is 1. The fraction of sp³-hybridized carbons (Fsp3) is 0.550. The zero-order chi connectivity index (χ0) is 18.8. The molecule has 26 heavy (non-hydrogen) atoms. The van der Waals surface area contributed by atoms with E-state index < -0.39 is 41.6 Å². The maximum atomic E-state index is 12.6. The number of fused-ring (bicyclic) bond motifs is 4. The molecule has 6 unspecified atom stereocenters. The van der Waals surface area contributed by atoms with Gasteiger partial charge in [0.05, 0.1) is 18.4 Å². The summed E-state index contributed by atoms with van der Waals surface area (Å²) in [6, 6.07) is 0. The number of carbonyl (C=O) groups is 3. The lowest BCUT2D eigenvalue weighted by Gasteiger charge is -2.28. The molecule has 4 aliphatic rings. The van der Waals surface area contributed by atoms with Crippen LogP contribution in [-0.2, 0) is 28.6 Å². The second-order valence-electron chi connectivity index (χ2n) is 7.69. The number of rotatable bonds is 2. The molecule has 6 heteroatoms. The molecular formula is C20H22O6. The Hall–Kier alpha value is -2.21. The average molecular weight is 358 g/mol. The second kappa shape index (κ2) is 5.64. The molecule has 1 saturated carbocycles. The van der Waals surface area contributed by atoms with Crippen molar-refractivity contribution < 1.29 is 28.6 Å². The molecule has 2 aliphatic carbocycles. The van der Waals surface area contributed by atoms with E-state index in [1.807, 2.05) is 6.92 Å². The SMILES string of the molecule is C=C1C(=O)OC2C1C(OC(=O)C(C)=CC)CC1(CO1)C1C(=O)C=C(C)C21. The maximum Gasteiger partial charge on any atom is 0.334 e. The maximum absolute atomic E-state index is 12.6. The molecule has 2 aliphatic heterocycles. The van der Waals surface area contributed by atoms with E-state index in [0.29, 0.717) is 24.2 Å². The monoisotopic (exact) mass is 358 g/mol. The van der Waals surface area contributed by atoms with Gasteiger partial charge in [-0.05, 0) is 26.8 Å². The Kier molecular flexibility index (Phi) is 3.74. The third kappa shape index (κ3) is 2.31. The Morgan fingerprint density at radius 2 is 2.08 bits per heavy atom. The van der Waals surface area contributed by atoms with E-state index in [2.05, 4.69) is 6.58 Å². The van der Waals surface area contributed by atoms with Crippen LogP contribution in [-0.4, -0.2) is 42.1 Å². The number of epoxide rings is 1. The zero-order valence-electron chi connectivity index (χ0n) is 15.1. The van der Waals surface area contributed by atoms with Gasteiger partial charge in [-0.2, -0.15) is 0 Å². The summed E-state index contributed by atoms with van der Waals surface area (Å²) < 4.78 is 17.1. The first-order valence-electron chi connectivity index (χ1n) is 8.89. The Labute approximate surface area is 151 Å². The highest BCUT2D eigenvalue weighted by molar-refractivity contribution is 5.98. The first-order chi connectivity index (χ1) is 12.3. The fourth-order valence-electron chi connectivity index (χ4n) is 4.67. The van der Waals surface area contributed by atoms with E-state index >= 15 is 0 Å². The van der Waals surface area contributed by atoms with Gasteiger partial charge in [0.25, 0.3) is 0 Å². The Balaban J connectivity index is 1.75. The van der Waals surface area contributed by atoms with Gasteiger partial charge in [0, 0.05) is 23.5 Å². The van der Waals surface area contributed by atoms with E-state index in [0.717, 1.165) is 5.57 Å². The van der Waals surface area contributed by atoms with Crippen LogP contribution in [0, 0.1) is 17.8 Å². The minimum Gasteiger partial charge on any atom is -0.458 e. The van der Waals surface area contributed by atoms with E-state index in [4.69, 9.17) is 14.2 Å². The molecule has 6 nitrogen and oxygen atoms in total. The van der Waals surface area contributed by atoms with Gasteiger partial charge in [-0.1, -0.05) is 18.2 Å². The third-order valence-corrected chi connectivity index (χ3v) is 6.22. The molecule has 2 heterocycles. The summed E-state index contributed by atoms with van der Waals surface area (Å²) in [5, 5.41) is 0. The summed E-state index contributed by atoms with van der Waals surface area (Å²) in [6.45, 7) is 9.64. The smallest absolute Gasteiger partial charge is 0.334 e. The predicted molar refractivity (Wildman–Crippen MR) is 90.9 cm³/mol. The van der Waals surface area contributed by atoms with Crippen LogP contribution in [0.4, 0.5) is 0 Å². The molecule has 0 N–H and O–H groups in total. The number of hydrogen-bond acceptors (Lipinski definition) is 6. The van der Waals surface area contributed by atoms with Crippen molar-refractivity contribution in [3.05, 3.63) is 35.5 Å². The molecule has 0 aromatic rings. The van der Waals surface area contributed by atoms with Crippen LogP contribution in [0.2, 0.25) is 0 Å². The van der Waals surface area contributed by atoms with Crippen LogP contribution in [0.25, 0.3) is 0 Å². The Morgan fingerprint density at radius 1 is 1.38 bits per heavy atom. The molecular weight excluding hydrogens is 336 g/mol. The normalized spacial score (nSPS) is 41.3. The van der Waals surface area contributed by atoms with Crippen LogP contribution >= 0.6 is 0 Å². The zero-order valence-corrected chi connectivity index (χ0v) is 15.1. The molecule has 3 fully saturated rings. The largest absolute Gasteiger partial charge is 0.458 e. The number of ether oxygens (including phenoxy) is 3. The fourth-order valence-corrected chi connectivity index (χ4v) is 4.67. The summed E-state index contributed by atoms with van der Waals surface area (Å²) in [5.74, 6) is -2.06. The summed E-state index contributed by atoms with van der Waals surface area (Å²) >= 11 is 0. The van der Waals surface area contributed by atoms with Crippen molar-refractivity contribution in [1.29, 1.82) is 0 Å². The molecule has 0 amide bonds. The summed E-state index contributed by atoms with van der Waals surface area (Å²) in [4.78, 5) is 37.2. The molecule has 0 aromatic heterocycles. The van der Waals surface area contributed by atoms with Crippen molar-refractivity contribution in [3.63, 3.8) is 0 Å². The van der Waals surface area contributed by atoms with Crippen molar-refractivity contribution in [1.82, 2.24) is 0 Å². The van der Waals surface area contributed by atoms with Crippen LogP contribution in [0.1, 0.15) is 27.2 Å². The molecule has 6 atom stereocenters. The number of hydrogen-bond donors (Lipinski definition) is 0. The van der Waals surface area contributed by atoms with Gasteiger partial charge in [0.1, 0.15) is 17.8 Å². The van der Waals surface area contributed by atoms with Crippen molar-refractivity contribution >= 4 is 17.7 Å². The van der Waals surface area contributed by atoms with Crippen molar-refractivity contribution in [2.24, 2.45) is 17.8 Å². The lowest BCUT2D eigenvalue weighted by Crippen LogP contribution is -2.37. The van der Waals surface area contributed by atoms with E-state index in [-0.39, 0.29) is 11.7 Å². The highest BCUT2D eigenvalue weighted by atomic mass is 16.6. The molecule has 0 radical (unpaired) electrons. The van der Waals surface area contributed by atoms with Crippen LogP contribution < -0.4 is 0 Å². The summed E-state index contributed by atoms with van der Waals surface area (Å²) in [6.07, 6.45) is 2.49. The van der Waals surface area contributed by atoms with Crippen LogP contribution in [0.15, 0.2) is 35.5 Å². The van der Waals surface area contributed by atoms with Crippen molar-refractivity contribution in [3.8, 4) is 0 Å². The van der Waals surface area contributed by atoms with E-state index in [1.165, 1.54) is 0 Å². The standard InChI is InChI=1S/C20H22O6/c1-5-9(2)18(22)25-13-7-20(8-24-20)16-12(21)6-10(3)14(16)17-15(13)11(4)19(23)26-17/h5-6,13-17H,4,7-8H2,1-3H3. The average Bonchev–Trinajstić information content (AvgIpc) is 3.23. The van der Waals surface area contributed by atoms with Crippen molar-refractivity contribution in [2.75, 3.05) is 6.61 Å². The van der Waals surface area contributed by atoms with Gasteiger partial charge >= 0.3 is 11.9 Å². The molecule has 138 valence electrons. The highest BCUT2D eigenvalue weighted by Gasteiger charge is 2.67. The molecule has 1 spiro atoms. The lowest BCUT2D eigenvalue weighted by atomic mass is 9.77. The minimum atomic E-state index is -0.651. The van der Waals surface area contributed by atoms with Gasteiger partial charge in [-0.15, -0.1) is 0 Å². The topological polar surface area (TPSA) is 82.2 Å². The predicted octanol–water partition coefficient (Wildman–Crippen LogP) is 1.90. The summed E-state index contributed by atoms with van der Waals surface area (Å²) in [5.41, 5.74) is 1.01. The number of esters is 2. The van der Waals surface area contributed by atoms with Crippen LogP contribution in [0.3, 0.4) is 0 Å². The van der Waals surface area contributed by atoms with E-state index in [1.54, 1.807) is 26.0 Å². The van der Waals surface area contributed by atoms with Crippen LogP contribution in [0.5, 0.6) is 0 Å². The molecule has 2 saturated heterocycles. The van der Waals surface area contributed by atoms with E-state index in [9.17, 15) is 14.4 Å². The molecule has 4 rings (SSSR count). The van der Waals surface area contributed by atoms with Gasteiger partial charge in [-0.3, -0.25) is 4.79 Å². The molecule has 0 bridgehead atoms. The quantitative estimate of drug-likeness (QED) is 0.426. The second-order valence-corrected chi connectivity index (χ2v) is 7.69. The summed E-state index contributed by atoms with van der Waals surface area (Å²) in [7, 11) is 0. The highest BCUT2D eigenvalue weighted by Crippen LogP contribution is 2.57. The lowest BCUT2D eigenvalue weighted by molar-refractivity contribution is -0.148. The minimum absolute atomic E-state index is 0.00563. The third-order valence-electron chi connectivity index (χ3n) is 6.22. The van der Waals surface area contributed by atoms with Gasteiger partial charge in [0.15, 0.2) is 5.78 Å². The first-order valence-corrected chi connectivity index (χ1v) is 8.89. The molecule has 0 aromatic carbocycles. The van der Waals surface area contributed by atoms with Gasteiger partial charge < -0.3 is 14.2 Å². The Morgan fingerprint density at radius 3 is 2.69 bits per heavy atom. The Bertz CT molecular complexity index is 784. The first kappa shape index (κ1) is 17.2. The number of allylic oxidation sites excluding steroid dienone is 2. The van der Waals surface area contributed by atoms with Gasteiger partial charge in [0.2, 0.25) is 0 Å². The van der Waals surface area contributed by atoms with Gasteiger partial charge in [-0.25, -0.2) is 9.59 Å². The number of carbonyl (C=O) groups excluding carboxylic acids is 3.